The lowest BCUT2D eigenvalue weighted by Crippen LogP contribution is -2.36. The van der Waals surface area contributed by atoms with Crippen molar-refractivity contribution < 1.29 is 18.8 Å². The van der Waals surface area contributed by atoms with Crippen molar-refractivity contribution in [2.45, 2.75) is 77.7 Å². The molecule has 2 aromatic carbocycles. The zero-order valence-electron chi connectivity index (χ0n) is 21.4. The van der Waals surface area contributed by atoms with Gasteiger partial charge in [0.05, 0.1) is 29.6 Å². The highest BCUT2D eigenvalue weighted by molar-refractivity contribution is 6.62. The molecule has 2 aliphatic heterocycles. The first-order valence-corrected chi connectivity index (χ1v) is 12.4. The van der Waals surface area contributed by atoms with Gasteiger partial charge in [0.1, 0.15) is 11.4 Å². The van der Waals surface area contributed by atoms with E-state index in [-0.39, 0.29) is 31.0 Å². The van der Waals surface area contributed by atoms with Crippen molar-refractivity contribution in [1.29, 1.82) is 0 Å². The van der Waals surface area contributed by atoms with Gasteiger partial charge in [-0.15, -0.1) is 0 Å². The van der Waals surface area contributed by atoms with Crippen LogP contribution in [0.3, 0.4) is 0 Å². The molecular formula is C27H34BN3O4. The van der Waals surface area contributed by atoms with E-state index in [0.29, 0.717) is 6.54 Å². The molecule has 2 atom stereocenters. The van der Waals surface area contributed by atoms with Gasteiger partial charge in [0.25, 0.3) is 0 Å². The molecule has 2 fully saturated rings. The number of rotatable bonds is 3. The van der Waals surface area contributed by atoms with Crippen LogP contribution < -0.4 is 5.46 Å². The summed E-state index contributed by atoms with van der Waals surface area (Å²) in [6.45, 7) is 12.5. The molecule has 0 radical (unpaired) electrons. The fourth-order valence-electron chi connectivity index (χ4n) is 4.72. The minimum atomic E-state index is -0.520. The maximum absolute atomic E-state index is 12.7. The molecule has 8 heteroatoms. The summed E-state index contributed by atoms with van der Waals surface area (Å²) in [6, 6.07) is 12.6. The zero-order valence-corrected chi connectivity index (χ0v) is 21.4. The molecule has 0 bridgehead atoms. The standard InChI is InChI=1S/C27H34BN3O4/c1-17-27(5,6)35-28(34-17)21-12-11-18-14-20(10-9-19(18)15-21)22-16-29-24(30-22)23-8-7-13-31(23)25(32)33-26(2,3)4/h9-12,14-17,23H,7-8,13H2,1-6H3,(H,29,30). The number of ether oxygens (including phenoxy) is 1. The summed E-state index contributed by atoms with van der Waals surface area (Å²) in [4.78, 5) is 22.6. The first kappa shape index (κ1) is 23.9. The minimum Gasteiger partial charge on any atom is -0.444 e. The smallest absolute Gasteiger partial charge is 0.444 e. The quantitative estimate of drug-likeness (QED) is 0.527. The van der Waals surface area contributed by atoms with E-state index < -0.39 is 5.60 Å². The molecule has 5 rings (SSSR count). The number of aromatic amines is 1. The molecule has 2 saturated heterocycles. The lowest BCUT2D eigenvalue weighted by atomic mass is 9.78. The van der Waals surface area contributed by atoms with E-state index in [1.807, 2.05) is 33.9 Å². The van der Waals surface area contributed by atoms with Crippen molar-refractivity contribution in [3.8, 4) is 11.3 Å². The average molecular weight is 475 g/mol. The largest absolute Gasteiger partial charge is 0.494 e. The van der Waals surface area contributed by atoms with Crippen LogP contribution in [-0.4, -0.2) is 51.9 Å². The third-order valence-electron chi connectivity index (χ3n) is 6.96. The summed E-state index contributed by atoms with van der Waals surface area (Å²) < 4.78 is 17.8. The minimum absolute atomic E-state index is 0.0336. The highest BCUT2D eigenvalue weighted by Gasteiger charge is 2.43. The van der Waals surface area contributed by atoms with Crippen LogP contribution in [0.25, 0.3) is 22.0 Å². The number of hydrogen-bond donors (Lipinski definition) is 1. The number of carbonyl (C=O) groups excluding carboxylic acids is 1. The molecule has 184 valence electrons. The monoisotopic (exact) mass is 475 g/mol. The van der Waals surface area contributed by atoms with Crippen molar-refractivity contribution in [1.82, 2.24) is 14.9 Å². The molecule has 7 nitrogen and oxygen atoms in total. The first-order valence-electron chi connectivity index (χ1n) is 12.4. The summed E-state index contributed by atoms with van der Waals surface area (Å²) >= 11 is 0. The Labute approximate surface area is 207 Å². The van der Waals surface area contributed by atoms with E-state index in [9.17, 15) is 4.79 Å². The lowest BCUT2D eigenvalue weighted by Gasteiger charge is -2.27. The van der Waals surface area contributed by atoms with Crippen molar-refractivity contribution in [3.05, 3.63) is 48.4 Å². The molecule has 2 unspecified atom stereocenters. The molecule has 0 aliphatic carbocycles. The van der Waals surface area contributed by atoms with Gasteiger partial charge in [-0.05, 0) is 76.7 Å². The van der Waals surface area contributed by atoms with Gasteiger partial charge in [0, 0.05) is 12.1 Å². The van der Waals surface area contributed by atoms with Crippen molar-refractivity contribution in [2.24, 2.45) is 0 Å². The molecular weight excluding hydrogens is 441 g/mol. The number of aromatic nitrogens is 2. The van der Waals surface area contributed by atoms with Crippen LogP contribution in [0, 0.1) is 0 Å². The van der Waals surface area contributed by atoms with Gasteiger partial charge in [-0.2, -0.15) is 0 Å². The highest BCUT2D eigenvalue weighted by atomic mass is 16.7. The zero-order chi connectivity index (χ0) is 25.0. The van der Waals surface area contributed by atoms with Crippen molar-refractivity contribution >= 4 is 29.4 Å². The Hall–Kier alpha value is -2.84. The Morgan fingerprint density at radius 1 is 1.20 bits per heavy atom. The van der Waals surface area contributed by atoms with Crippen LogP contribution >= 0.6 is 0 Å². The second-order valence-corrected chi connectivity index (χ2v) is 11.2. The van der Waals surface area contributed by atoms with Crippen LogP contribution in [0.15, 0.2) is 42.6 Å². The lowest BCUT2D eigenvalue weighted by molar-refractivity contribution is 0.0218. The van der Waals surface area contributed by atoms with E-state index in [2.05, 4.69) is 60.2 Å². The molecule has 1 N–H and O–H groups in total. The number of H-pyrrole nitrogens is 1. The number of hydrogen-bond acceptors (Lipinski definition) is 5. The van der Waals surface area contributed by atoms with Gasteiger partial charge in [0.2, 0.25) is 0 Å². The van der Waals surface area contributed by atoms with Gasteiger partial charge in [0.15, 0.2) is 0 Å². The summed E-state index contributed by atoms with van der Waals surface area (Å²) in [7, 11) is -0.349. The molecule has 1 amide bonds. The Balaban J connectivity index is 1.35. The van der Waals surface area contributed by atoms with E-state index >= 15 is 0 Å². The van der Waals surface area contributed by atoms with Gasteiger partial charge in [-0.25, -0.2) is 9.78 Å². The number of likely N-dealkylation sites (tertiary alicyclic amines) is 1. The Morgan fingerprint density at radius 2 is 1.94 bits per heavy atom. The van der Waals surface area contributed by atoms with Crippen molar-refractivity contribution in [2.75, 3.05) is 6.54 Å². The maximum atomic E-state index is 12.7. The molecule has 3 aromatic rings. The summed E-state index contributed by atoms with van der Waals surface area (Å²) in [5, 5.41) is 2.26. The SMILES string of the molecule is CC1OB(c2ccc3cc(-c4cnc(C5CCCN5C(=O)OC(C)(C)C)[nH]4)ccc3c2)OC1(C)C. The van der Waals surface area contributed by atoms with Gasteiger partial charge in [-0.3, -0.25) is 4.90 Å². The summed E-state index contributed by atoms with van der Waals surface area (Å²) in [5.74, 6) is 0.797. The van der Waals surface area contributed by atoms with Crippen LogP contribution in [0.4, 0.5) is 4.79 Å². The number of fused-ring (bicyclic) bond motifs is 1. The molecule has 2 aliphatic rings. The summed E-state index contributed by atoms with van der Waals surface area (Å²) in [6.07, 6.45) is 3.40. The van der Waals surface area contributed by atoms with Gasteiger partial charge < -0.3 is 19.0 Å². The Bertz CT molecular complexity index is 1250. The number of carbonyl (C=O) groups is 1. The predicted molar refractivity (Wildman–Crippen MR) is 138 cm³/mol. The topological polar surface area (TPSA) is 76.7 Å². The maximum Gasteiger partial charge on any atom is 0.494 e. The average Bonchev–Trinajstić information content (AvgIpc) is 3.51. The van der Waals surface area contributed by atoms with E-state index in [1.165, 1.54) is 0 Å². The second-order valence-electron chi connectivity index (χ2n) is 11.2. The van der Waals surface area contributed by atoms with E-state index in [0.717, 1.165) is 46.2 Å². The third kappa shape index (κ3) is 4.82. The first-order chi connectivity index (χ1) is 16.5. The fourth-order valence-corrected chi connectivity index (χ4v) is 4.72. The molecule has 1 aromatic heterocycles. The van der Waals surface area contributed by atoms with Crippen LogP contribution in [0.2, 0.25) is 0 Å². The van der Waals surface area contributed by atoms with Crippen LogP contribution in [-0.2, 0) is 14.0 Å². The third-order valence-corrected chi connectivity index (χ3v) is 6.96. The molecule has 0 spiro atoms. The predicted octanol–water partition coefficient (Wildman–Crippen LogP) is 5.21. The Morgan fingerprint density at radius 3 is 2.66 bits per heavy atom. The number of nitrogens with one attached hydrogen (secondary N) is 1. The van der Waals surface area contributed by atoms with Gasteiger partial charge >= 0.3 is 13.2 Å². The summed E-state index contributed by atoms with van der Waals surface area (Å²) in [5.41, 5.74) is 2.18. The van der Waals surface area contributed by atoms with E-state index in [1.54, 1.807) is 4.90 Å². The van der Waals surface area contributed by atoms with Gasteiger partial charge in [-0.1, -0.05) is 30.3 Å². The van der Waals surface area contributed by atoms with Crippen LogP contribution in [0.1, 0.15) is 66.3 Å². The molecule has 35 heavy (non-hydrogen) atoms. The molecule has 3 heterocycles. The highest BCUT2D eigenvalue weighted by Crippen LogP contribution is 2.33. The number of nitrogens with zero attached hydrogens (tertiary/aromatic N) is 2. The number of benzene rings is 2. The van der Waals surface area contributed by atoms with E-state index in [4.69, 9.17) is 14.0 Å². The number of imidazole rings is 1. The fraction of sp³-hybridized carbons (Fsp3) is 0.481. The normalized spacial score (nSPS) is 22.2. The van der Waals surface area contributed by atoms with Crippen LogP contribution in [0.5, 0.6) is 0 Å². The Kier molecular flexibility index (Phi) is 5.92. The second kappa shape index (κ2) is 8.68. The molecule has 0 saturated carbocycles. The van der Waals surface area contributed by atoms with Crippen molar-refractivity contribution in [3.63, 3.8) is 0 Å². The number of amides is 1.